The lowest BCUT2D eigenvalue weighted by atomic mass is 10.2. The van der Waals surface area contributed by atoms with E-state index in [-0.39, 0.29) is 10.5 Å². The third-order valence-corrected chi connectivity index (χ3v) is 6.36. The number of halogens is 3. The maximum atomic E-state index is 12.8. The van der Waals surface area contributed by atoms with Gasteiger partial charge in [0, 0.05) is 5.56 Å². The predicted octanol–water partition coefficient (Wildman–Crippen LogP) is 3.60. The van der Waals surface area contributed by atoms with Crippen LogP contribution in [0.2, 0.25) is 0 Å². The molecule has 2 aromatic carbocycles. The number of sulfone groups is 1. The summed E-state index contributed by atoms with van der Waals surface area (Å²) in [6.07, 6.45) is 0. The highest BCUT2D eigenvalue weighted by Crippen LogP contribution is 2.36. The lowest BCUT2D eigenvalue weighted by Crippen LogP contribution is -2.49. The van der Waals surface area contributed by atoms with E-state index in [0.717, 1.165) is 0 Å². The van der Waals surface area contributed by atoms with Crippen LogP contribution in [0.15, 0.2) is 59.5 Å². The number of benzene rings is 2. The van der Waals surface area contributed by atoms with Crippen LogP contribution < -0.4 is 10.1 Å². The summed E-state index contributed by atoms with van der Waals surface area (Å²) in [5.74, 6) is -0.148. The Bertz CT molecular complexity index is 834. The van der Waals surface area contributed by atoms with Crippen LogP contribution in [0.3, 0.4) is 0 Å². The number of carbonyl (C=O) groups is 1. The molecule has 134 valence electrons. The van der Waals surface area contributed by atoms with Gasteiger partial charge in [-0.1, -0.05) is 53.0 Å². The molecule has 0 saturated carbocycles. The highest BCUT2D eigenvalue weighted by Gasteiger charge is 2.44. The molecular weight excluding hydrogens is 409 g/mol. The summed E-state index contributed by atoms with van der Waals surface area (Å²) in [5.41, 5.74) is 0.198. The first-order chi connectivity index (χ1) is 11.7. The van der Waals surface area contributed by atoms with Crippen molar-refractivity contribution >= 4 is 50.5 Å². The number of hydrogen-bond donors (Lipinski definition) is 1. The highest BCUT2D eigenvalue weighted by atomic mass is 35.6. The van der Waals surface area contributed by atoms with Gasteiger partial charge in [0.2, 0.25) is 13.6 Å². The molecule has 0 radical (unpaired) electrons. The smallest absolute Gasteiger partial charge is 0.252 e. The lowest BCUT2D eigenvalue weighted by molar-refractivity contribution is 0.0948. The average molecular weight is 423 g/mol. The molecule has 0 aliphatic rings. The van der Waals surface area contributed by atoms with Gasteiger partial charge in [0.25, 0.3) is 5.91 Å². The number of carbonyl (C=O) groups excluding carboxylic acids is 1. The molecule has 0 aliphatic carbocycles. The molecule has 0 spiro atoms. The summed E-state index contributed by atoms with van der Waals surface area (Å²) in [5, 5.41) is 0.524. The number of hydrogen-bond acceptors (Lipinski definition) is 4. The third-order valence-electron chi connectivity index (χ3n) is 3.29. The largest absolute Gasteiger partial charge is 0.497 e. The maximum absolute atomic E-state index is 12.8. The Balaban J connectivity index is 2.34. The zero-order valence-corrected chi connectivity index (χ0v) is 16.0. The first-order valence-corrected chi connectivity index (χ1v) is 9.65. The Morgan fingerprint density at radius 2 is 1.60 bits per heavy atom. The second kappa shape index (κ2) is 7.83. The van der Waals surface area contributed by atoms with Crippen LogP contribution in [-0.2, 0) is 9.84 Å². The minimum atomic E-state index is -4.13. The van der Waals surface area contributed by atoms with E-state index in [2.05, 4.69) is 5.32 Å². The van der Waals surface area contributed by atoms with E-state index < -0.39 is 24.9 Å². The van der Waals surface area contributed by atoms with Crippen LogP contribution in [0.5, 0.6) is 5.75 Å². The molecule has 1 amide bonds. The van der Waals surface area contributed by atoms with Crippen molar-refractivity contribution in [2.45, 2.75) is 14.1 Å². The SMILES string of the molecule is COc1ccc(C(=O)N[C@H](C(Cl)(Cl)Cl)S(=O)(=O)c2ccccc2)cc1. The molecule has 1 atom stereocenters. The van der Waals surface area contributed by atoms with Crippen LogP contribution in [0.4, 0.5) is 0 Å². The first kappa shape index (κ1) is 19.8. The van der Waals surface area contributed by atoms with E-state index in [1.54, 1.807) is 18.2 Å². The third kappa shape index (κ3) is 4.79. The van der Waals surface area contributed by atoms with Gasteiger partial charge in [-0.05, 0) is 36.4 Å². The molecule has 25 heavy (non-hydrogen) atoms. The number of ether oxygens (including phenoxy) is 1. The molecule has 0 heterocycles. The van der Waals surface area contributed by atoms with Crippen LogP contribution in [-0.4, -0.2) is 30.6 Å². The van der Waals surface area contributed by atoms with Crippen LogP contribution in [0.1, 0.15) is 10.4 Å². The fourth-order valence-corrected chi connectivity index (χ4v) is 4.67. The predicted molar refractivity (Wildman–Crippen MR) is 98.2 cm³/mol. The van der Waals surface area contributed by atoms with Gasteiger partial charge in [0.05, 0.1) is 12.0 Å². The first-order valence-electron chi connectivity index (χ1n) is 6.97. The number of alkyl halides is 3. The minimum Gasteiger partial charge on any atom is -0.497 e. The van der Waals surface area contributed by atoms with Crippen LogP contribution >= 0.6 is 34.8 Å². The summed E-state index contributed by atoms with van der Waals surface area (Å²) >= 11 is 17.5. The van der Waals surface area contributed by atoms with E-state index in [9.17, 15) is 13.2 Å². The average Bonchev–Trinajstić information content (AvgIpc) is 2.59. The number of nitrogens with one attached hydrogen (secondary N) is 1. The molecule has 9 heteroatoms. The van der Waals surface area contributed by atoms with E-state index in [1.165, 1.54) is 43.5 Å². The van der Waals surface area contributed by atoms with Gasteiger partial charge < -0.3 is 10.1 Å². The van der Waals surface area contributed by atoms with Crippen LogP contribution in [0.25, 0.3) is 0 Å². The fourth-order valence-electron chi connectivity index (χ4n) is 2.03. The van der Waals surface area contributed by atoms with Crippen molar-refractivity contribution in [2.24, 2.45) is 0 Å². The van der Waals surface area contributed by atoms with E-state index in [0.29, 0.717) is 5.75 Å². The lowest BCUT2D eigenvalue weighted by Gasteiger charge is -2.25. The van der Waals surface area contributed by atoms with Crippen molar-refractivity contribution in [3.8, 4) is 5.75 Å². The monoisotopic (exact) mass is 421 g/mol. The Labute approximate surface area is 160 Å². The Morgan fingerprint density at radius 3 is 2.08 bits per heavy atom. The molecule has 0 aromatic heterocycles. The summed E-state index contributed by atoms with van der Waals surface area (Å²) in [6.45, 7) is 0. The van der Waals surface area contributed by atoms with Crippen molar-refractivity contribution in [1.82, 2.24) is 5.32 Å². The second-order valence-electron chi connectivity index (χ2n) is 4.98. The molecule has 0 saturated heterocycles. The van der Waals surface area contributed by atoms with E-state index in [1.807, 2.05) is 0 Å². The fraction of sp³-hybridized carbons (Fsp3) is 0.188. The van der Waals surface area contributed by atoms with Gasteiger partial charge in [-0.3, -0.25) is 4.79 Å². The molecule has 1 N–H and O–H groups in total. The highest BCUT2D eigenvalue weighted by molar-refractivity contribution is 7.92. The second-order valence-corrected chi connectivity index (χ2v) is 9.38. The van der Waals surface area contributed by atoms with Crippen molar-refractivity contribution in [2.75, 3.05) is 7.11 Å². The van der Waals surface area contributed by atoms with Gasteiger partial charge >= 0.3 is 0 Å². The molecule has 0 bridgehead atoms. The van der Waals surface area contributed by atoms with Gasteiger partial charge in [-0.15, -0.1) is 0 Å². The summed E-state index contributed by atoms with van der Waals surface area (Å²) in [4.78, 5) is 12.3. The summed E-state index contributed by atoms with van der Waals surface area (Å²) in [6, 6.07) is 13.5. The topological polar surface area (TPSA) is 72.5 Å². The molecule has 5 nitrogen and oxygen atoms in total. The van der Waals surface area contributed by atoms with Gasteiger partial charge in [0.15, 0.2) is 5.37 Å². The van der Waals surface area contributed by atoms with Gasteiger partial charge in [-0.2, -0.15) is 0 Å². The quantitative estimate of drug-likeness (QED) is 0.747. The van der Waals surface area contributed by atoms with Crippen molar-refractivity contribution < 1.29 is 17.9 Å². The van der Waals surface area contributed by atoms with E-state index in [4.69, 9.17) is 39.5 Å². The normalized spacial score (nSPS) is 13.1. The summed E-state index contributed by atoms with van der Waals surface area (Å²) in [7, 11) is -2.64. The standard InChI is InChI=1S/C16H14Cl3NO4S/c1-24-12-9-7-11(8-10-12)14(21)20-15(16(17,18)19)25(22,23)13-5-3-2-4-6-13/h2-10,15H,1H3,(H,20,21)/t15-/m0/s1. The van der Waals surface area contributed by atoms with Crippen molar-refractivity contribution in [1.29, 1.82) is 0 Å². The number of methoxy groups -OCH3 is 1. The van der Waals surface area contributed by atoms with E-state index >= 15 is 0 Å². The molecule has 2 aromatic rings. The zero-order chi connectivity index (χ0) is 18.7. The molecular formula is C16H14Cl3NO4S. The van der Waals surface area contributed by atoms with Crippen LogP contribution in [0, 0.1) is 0 Å². The zero-order valence-electron chi connectivity index (χ0n) is 12.9. The Hall–Kier alpha value is -1.47. The molecule has 0 aliphatic heterocycles. The van der Waals surface area contributed by atoms with Crippen molar-refractivity contribution in [3.05, 3.63) is 60.2 Å². The Kier molecular flexibility index (Phi) is 6.21. The molecule has 0 fully saturated rings. The number of amides is 1. The van der Waals surface area contributed by atoms with Crippen molar-refractivity contribution in [3.63, 3.8) is 0 Å². The van der Waals surface area contributed by atoms with Gasteiger partial charge in [0.1, 0.15) is 5.75 Å². The minimum absolute atomic E-state index is 0.0682. The van der Waals surface area contributed by atoms with Gasteiger partial charge in [-0.25, -0.2) is 8.42 Å². The summed E-state index contributed by atoms with van der Waals surface area (Å²) < 4.78 is 28.3. The molecule has 2 rings (SSSR count). The maximum Gasteiger partial charge on any atom is 0.252 e. The molecule has 0 unspecified atom stereocenters. The number of rotatable bonds is 5. The Morgan fingerprint density at radius 1 is 1.04 bits per heavy atom.